The highest BCUT2D eigenvalue weighted by Crippen LogP contribution is 2.19. The first-order valence-electron chi connectivity index (χ1n) is 7.09. The molecular weight excluding hydrogens is 292 g/mol. The Morgan fingerprint density at radius 3 is 2.95 bits per heavy atom. The summed E-state index contributed by atoms with van der Waals surface area (Å²) in [5, 5.41) is 16.1. The molecule has 6 nitrogen and oxygen atoms in total. The SMILES string of the molecule is O=C(NCCC1CCCCO1)NC(C(=O)O)c1cccs1. The largest absolute Gasteiger partial charge is 0.479 e. The number of amides is 2. The quantitative estimate of drug-likeness (QED) is 0.751. The van der Waals surface area contributed by atoms with Crippen LogP contribution in [-0.2, 0) is 9.53 Å². The fourth-order valence-electron chi connectivity index (χ4n) is 2.27. The molecular formula is C14H20N2O4S. The van der Waals surface area contributed by atoms with Crippen LogP contribution in [0, 0.1) is 0 Å². The summed E-state index contributed by atoms with van der Waals surface area (Å²) in [5.74, 6) is -1.07. The standard InChI is InChI=1S/C14H20N2O4S/c17-13(18)12(11-5-3-9-21-11)16-14(19)15-7-6-10-4-1-2-8-20-10/h3,5,9-10,12H,1-2,4,6-8H2,(H,17,18)(H2,15,16,19). The van der Waals surface area contributed by atoms with Gasteiger partial charge in [-0.25, -0.2) is 9.59 Å². The van der Waals surface area contributed by atoms with Crippen molar-refractivity contribution in [2.24, 2.45) is 0 Å². The molecule has 1 aliphatic heterocycles. The van der Waals surface area contributed by atoms with Gasteiger partial charge in [0.25, 0.3) is 0 Å². The van der Waals surface area contributed by atoms with E-state index < -0.39 is 18.0 Å². The number of carboxylic acids is 1. The first-order chi connectivity index (χ1) is 10.2. The minimum absolute atomic E-state index is 0.201. The Bertz CT molecular complexity index is 458. The predicted octanol–water partition coefficient (Wildman–Crippen LogP) is 2.13. The van der Waals surface area contributed by atoms with Crippen LogP contribution in [0.3, 0.4) is 0 Å². The van der Waals surface area contributed by atoms with E-state index in [0.717, 1.165) is 32.3 Å². The number of urea groups is 1. The van der Waals surface area contributed by atoms with Gasteiger partial charge in [0.2, 0.25) is 0 Å². The number of ether oxygens (including phenoxy) is 1. The van der Waals surface area contributed by atoms with Crippen LogP contribution in [-0.4, -0.2) is 36.4 Å². The molecule has 0 spiro atoms. The molecule has 2 heterocycles. The van der Waals surface area contributed by atoms with Gasteiger partial charge < -0.3 is 20.5 Å². The molecule has 116 valence electrons. The van der Waals surface area contributed by atoms with Crippen molar-refractivity contribution in [3.05, 3.63) is 22.4 Å². The van der Waals surface area contributed by atoms with Gasteiger partial charge in [-0.05, 0) is 37.1 Å². The normalized spacial score (nSPS) is 19.7. The topological polar surface area (TPSA) is 87.7 Å². The summed E-state index contributed by atoms with van der Waals surface area (Å²) in [7, 11) is 0. The molecule has 1 aromatic rings. The number of carbonyl (C=O) groups is 2. The molecule has 21 heavy (non-hydrogen) atoms. The summed E-state index contributed by atoms with van der Waals surface area (Å²) in [4.78, 5) is 23.6. The Morgan fingerprint density at radius 2 is 2.33 bits per heavy atom. The number of hydrogen-bond acceptors (Lipinski definition) is 4. The van der Waals surface area contributed by atoms with E-state index >= 15 is 0 Å². The minimum Gasteiger partial charge on any atom is -0.479 e. The van der Waals surface area contributed by atoms with E-state index in [9.17, 15) is 9.59 Å². The Hall–Kier alpha value is -1.60. The number of thiophene rings is 1. The number of carboxylic acid groups (broad SMARTS) is 1. The van der Waals surface area contributed by atoms with Gasteiger partial charge in [-0.3, -0.25) is 0 Å². The Kier molecular flexibility index (Phi) is 6.01. The van der Waals surface area contributed by atoms with Gasteiger partial charge in [-0.1, -0.05) is 6.07 Å². The predicted molar refractivity (Wildman–Crippen MR) is 79.4 cm³/mol. The van der Waals surface area contributed by atoms with Gasteiger partial charge in [-0.15, -0.1) is 11.3 Å². The summed E-state index contributed by atoms with van der Waals surface area (Å²) >= 11 is 1.30. The third-order valence-electron chi connectivity index (χ3n) is 3.38. The molecule has 3 N–H and O–H groups in total. The van der Waals surface area contributed by atoms with E-state index in [4.69, 9.17) is 9.84 Å². The first kappa shape index (κ1) is 15.8. The van der Waals surface area contributed by atoms with E-state index in [-0.39, 0.29) is 6.10 Å². The van der Waals surface area contributed by atoms with E-state index in [2.05, 4.69) is 10.6 Å². The summed E-state index contributed by atoms with van der Waals surface area (Å²) in [5.41, 5.74) is 0. The van der Waals surface area contributed by atoms with E-state index in [1.807, 2.05) is 0 Å². The molecule has 2 rings (SSSR count). The number of carbonyl (C=O) groups excluding carboxylic acids is 1. The molecule has 2 unspecified atom stereocenters. The van der Waals surface area contributed by atoms with Crippen LogP contribution in [0.1, 0.15) is 36.6 Å². The molecule has 1 aromatic heterocycles. The molecule has 1 aliphatic rings. The molecule has 2 amide bonds. The summed E-state index contributed by atoms with van der Waals surface area (Å²) < 4.78 is 5.57. The monoisotopic (exact) mass is 312 g/mol. The lowest BCUT2D eigenvalue weighted by atomic mass is 10.1. The van der Waals surface area contributed by atoms with Gasteiger partial charge in [0, 0.05) is 18.0 Å². The van der Waals surface area contributed by atoms with Crippen molar-refractivity contribution >= 4 is 23.3 Å². The van der Waals surface area contributed by atoms with Crippen molar-refractivity contribution in [2.45, 2.75) is 37.8 Å². The van der Waals surface area contributed by atoms with Crippen molar-refractivity contribution in [3.63, 3.8) is 0 Å². The molecule has 1 saturated heterocycles. The molecule has 0 aliphatic carbocycles. The van der Waals surface area contributed by atoms with Crippen LogP contribution in [0.5, 0.6) is 0 Å². The van der Waals surface area contributed by atoms with Gasteiger partial charge in [0.05, 0.1) is 6.10 Å². The van der Waals surface area contributed by atoms with Crippen molar-refractivity contribution < 1.29 is 19.4 Å². The zero-order valence-corrected chi connectivity index (χ0v) is 12.5. The lowest BCUT2D eigenvalue weighted by Crippen LogP contribution is -2.41. The highest BCUT2D eigenvalue weighted by atomic mass is 32.1. The smallest absolute Gasteiger partial charge is 0.331 e. The maximum absolute atomic E-state index is 11.8. The maximum atomic E-state index is 11.8. The van der Waals surface area contributed by atoms with Crippen molar-refractivity contribution in [1.29, 1.82) is 0 Å². The van der Waals surface area contributed by atoms with E-state index in [1.54, 1.807) is 17.5 Å². The summed E-state index contributed by atoms with van der Waals surface area (Å²) in [6.45, 7) is 1.27. The third kappa shape index (κ3) is 5.02. The fourth-order valence-corrected chi connectivity index (χ4v) is 3.04. The number of rotatable bonds is 6. The highest BCUT2D eigenvalue weighted by molar-refractivity contribution is 7.10. The molecule has 0 saturated carbocycles. The zero-order valence-electron chi connectivity index (χ0n) is 11.7. The van der Waals surface area contributed by atoms with Gasteiger partial charge in [0.15, 0.2) is 6.04 Å². The first-order valence-corrected chi connectivity index (χ1v) is 7.97. The van der Waals surface area contributed by atoms with Crippen LogP contribution in [0.2, 0.25) is 0 Å². The lowest BCUT2D eigenvalue weighted by Gasteiger charge is -2.22. The highest BCUT2D eigenvalue weighted by Gasteiger charge is 2.23. The Labute approximate surface area is 127 Å². The average molecular weight is 312 g/mol. The van der Waals surface area contributed by atoms with Gasteiger partial charge in [0.1, 0.15) is 0 Å². The number of hydrogen-bond donors (Lipinski definition) is 3. The van der Waals surface area contributed by atoms with E-state index in [1.165, 1.54) is 11.3 Å². The summed E-state index contributed by atoms with van der Waals surface area (Å²) in [6.07, 6.45) is 4.24. The maximum Gasteiger partial charge on any atom is 0.331 e. The average Bonchev–Trinajstić information content (AvgIpc) is 2.99. The van der Waals surface area contributed by atoms with Gasteiger partial charge in [-0.2, -0.15) is 0 Å². The summed E-state index contributed by atoms with van der Waals surface area (Å²) in [6, 6.07) is 1.98. The van der Waals surface area contributed by atoms with Crippen LogP contribution < -0.4 is 10.6 Å². The molecule has 7 heteroatoms. The fraction of sp³-hybridized carbons (Fsp3) is 0.571. The molecule has 0 aromatic carbocycles. The van der Waals surface area contributed by atoms with Crippen molar-refractivity contribution in [1.82, 2.24) is 10.6 Å². The molecule has 1 fully saturated rings. The van der Waals surface area contributed by atoms with Crippen LogP contribution in [0.25, 0.3) is 0 Å². The third-order valence-corrected chi connectivity index (χ3v) is 4.31. The van der Waals surface area contributed by atoms with Crippen LogP contribution >= 0.6 is 11.3 Å². The molecule has 0 radical (unpaired) electrons. The van der Waals surface area contributed by atoms with Crippen molar-refractivity contribution in [3.8, 4) is 0 Å². The minimum atomic E-state index is -1.07. The lowest BCUT2D eigenvalue weighted by molar-refractivity contribution is -0.139. The number of nitrogens with one attached hydrogen (secondary N) is 2. The second-order valence-electron chi connectivity index (χ2n) is 4.96. The zero-order chi connectivity index (χ0) is 15.1. The second kappa shape index (κ2) is 7.99. The second-order valence-corrected chi connectivity index (χ2v) is 5.94. The van der Waals surface area contributed by atoms with E-state index in [0.29, 0.717) is 11.4 Å². The Balaban J connectivity index is 1.73. The van der Waals surface area contributed by atoms with Gasteiger partial charge >= 0.3 is 12.0 Å². The number of aliphatic carboxylic acids is 1. The van der Waals surface area contributed by atoms with Crippen LogP contribution in [0.15, 0.2) is 17.5 Å². The molecule has 0 bridgehead atoms. The van der Waals surface area contributed by atoms with Crippen LogP contribution in [0.4, 0.5) is 4.79 Å². The molecule has 2 atom stereocenters. The Morgan fingerprint density at radius 1 is 1.48 bits per heavy atom. The van der Waals surface area contributed by atoms with Crippen molar-refractivity contribution in [2.75, 3.05) is 13.2 Å².